The molecule has 2 N–H and O–H groups in total. The molecule has 2 heteroatoms. The molecule has 2 aliphatic rings. The Kier molecular flexibility index (Phi) is 2.72. The van der Waals surface area contributed by atoms with Crippen molar-refractivity contribution in [2.45, 2.75) is 38.9 Å². The summed E-state index contributed by atoms with van der Waals surface area (Å²) in [6, 6.07) is 0. The Balaban J connectivity index is 2.25. The van der Waals surface area contributed by atoms with Crippen LogP contribution >= 0.6 is 0 Å². The van der Waals surface area contributed by atoms with Crippen LogP contribution < -0.4 is 0 Å². The molecule has 0 spiro atoms. The average molecular weight is 232 g/mol. The summed E-state index contributed by atoms with van der Waals surface area (Å²) >= 11 is 0. The van der Waals surface area contributed by atoms with Crippen LogP contribution in [0.1, 0.15) is 27.2 Å². The van der Waals surface area contributed by atoms with Gasteiger partial charge in [0.1, 0.15) is 11.7 Å². The minimum atomic E-state index is -1.06. The zero-order valence-electron chi connectivity index (χ0n) is 10.7. The van der Waals surface area contributed by atoms with Crippen LogP contribution in [0.3, 0.4) is 0 Å². The van der Waals surface area contributed by atoms with E-state index in [9.17, 15) is 10.2 Å². The monoisotopic (exact) mass is 232 g/mol. The van der Waals surface area contributed by atoms with Gasteiger partial charge in [0.2, 0.25) is 0 Å². The second-order valence-corrected chi connectivity index (χ2v) is 5.87. The lowest BCUT2D eigenvalue weighted by atomic mass is 9.70. The predicted octanol–water partition coefficient (Wildman–Crippen LogP) is 1.89. The molecule has 2 nitrogen and oxygen atoms in total. The van der Waals surface area contributed by atoms with Gasteiger partial charge < -0.3 is 10.2 Å². The van der Waals surface area contributed by atoms with Gasteiger partial charge >= 0.3 is 0 Å². The second kappa shape index (κ2) is 3.73. The Morgan fingerprint density at radius 1 is 1.53 bits per heavy atom. The average Bonchev–Trinajstić information content (AvgIpc) is 2.78. The fourth-order valence-electron chi connectivity index (χ4n) is 2.81. The van der Waals surface area contributed by atoms with Crippen LogP contribution in [0, 0.1) is 29.1 Å². The van der Waals surface area contributed by atoms with Crippen LogP contribution in [0.2, 0.25) is 0 Å². The van der Waals surface area contributed by atoms with Gasteiger partial charge in [-0.15, -0.1) is 0 Å². The number of fused-ring (bicyclic) bond motifs is 2. The molecular weight excluding hydrogens is 212 g/mol. The van der Waals surface area contributed by atoms with E-state index in [2.05, 4.69) is 30.6 Å². The third-order valence-electron chi connectivity index (χ3n) is 4.08. The molecule has 92 valence electrons. The fourth-order valence-corrected chi connectivity index (χ4v) is 2.81. The van der Waals surface area contributed by atoms with Crippen LogP contribution in [0.15, 0.2) is 24.3 Å². The summed E-state index contributed by atoms with van der Waals surface area (Å²) in [5, 5.41) is 19.9. The minimum Gasteiger partial charge on any atom is -0.379 e. The molecule has 17 heavy (non-hydrogen) atoms. The first-order valence-electron chi connectivity index (χ1n) is 6.06. The smallest absolute Gasteiger partial charge is 0.124 e. The molecule has 2 aliphatic carbocycles. The summed E-state index contributed by atoms with van der Waals surface area (Å²) in [6.07, 6.45) is 4.61. The van der Waals surface area contributed by atoms with E-state index in [0.29, 0.717) is 11.8 Å². The molecule has 0 radical (unpaired) electrons. The zero-order chi connectivity index (χ0) is 12.8. The van der Waals surface area contributed by atoms with Crippen LogP contribution in [0.25, 0.3) is 0 Å². The lowest BCUT2D eigenvalue weighted by Crippen LogP contribution is -2.37. The fraction of sp³-hybridized carbons (Fsp3) is 0.600. The van der Waals surface area contributed by atoms with Gasteiger partial charge in [0.25, 0.3) is 0 Å². The maximum atomic E-state index is 10.3. The summed E-state index contributed by atoms with van der Waals surface area (Å²) < 4.78 is 0. The van der Waals surface area contributed by atoms with Crippen molar-refractivity contribution in [3.63, 3.8) is 0 Å². The lowest BCUT2D eigenvalue weighted by Gasteiger charge is -2.35. The van der Waals surface area contributed by atoms with E-state index in [-0.39, 0.29) is 5.41 Å². The van der Waals surface area contributed by atoms with Crippen molar-refractivity contribution >= 4 is 0 Å². The molecule has 4 atom stereocenters. The van der Waals surface area contributed by atoms with E-state index >= 15 is 0 Å². The Bertz CT molecular complexity index is 430. The molecule has 0 aromatic carbocycles. The van der Waals surface area contributed by atoms with Crippen LogP contribution in [-0.2, 0) is 0 Å². The van der Waals surface area contributed by atoms with E-state index < -0.39 is 11.7 Å². The van der Waals surface area contributed by atoms with Crippen molar-refractivity contribution in [1.29, 1.82) is 0 Å². The molecule has 0 amide bonds. The Morgan fingerprint density at radius 3 is 2.65 bits per heavy atom. The lowest BCUT2D eigenvalue weighted by molar-refractivity contribution is 0.0910. The van der Waals surface area contributed by atoms with Crippen molar-refractivity contribution in [1.82, 2.24) is 0 Å². The van der Waals surface area contributed by atoms with Crippen LogP contribution in [-0.4, -0.2) is 21.9 Å². The molecule has 0 heterocycles. The van der Waals surface area contributed by atoms with E-state index in [4.69, 9.17) is 0 Å². The summed E-state index contributed by atoms with van der Waals surface area (Å²) in [5.41, 5.74) is -0.355. The van der Waals surface area contributed by atoms with E-state index in [0.717, 1.165) is 12.0 Å². The van der Waals surface area contributed by atoms with Gasteiger partial charge in [0.15, 0.2) is 0 Å². The maximum Gasteiger partial charge on any atom is 0.124 e. The van der Waals surface area contributed by atoms with E-state index in [1.807, 2.05) is 6.92 Å². The SMILES string of the molecule is C=C1[C@@H]2C=C[C@@H](C2)[C@@]1(C)C(O)C#CC(C)(C)O. The molecule has 0 aromatic rings. The number of aliphatic hydroxyl groups excluding tert-OH is 1. The summed E-state index contributed by atoms with van der Waals surface area (Å²) in [6.45, 7) is 9.37. The second-order valence-electron chi connectivity index (χ2n) is 5.87. The first-order chi connectivity index (χ1) is 7.75. The Hall–Kier alpha value is -1.04. The van der Waals surface area contributed by atoms with Gasteiger partial charge in [-0.25, -0.2) is 0 Å². The van der Waals surface area contributed by atoms with Crippen LogP contribution in [0.5, 0.6) is 0 Å². The zero-order valence-corrected chi connectivity index (χ0v) is 10.7. The highest BCUT2D eigenvalue weighted by molar-refractivity contribution is 5.37. The third-order valence-corrected chi connectivity index (χ3v) is 4.08. The Labute approximate surface area is 103 Å². The molecule has 2 bridgehead atoms. The molecular formula is C15H20O2. The number of hydrogen-bond acceptors (Lipinski definition) is 2. The molecule has 0 aliphatic heterocycles. The normalized spacial score (nSPS) is 36.9. The van der Waals surface area contributed by atoms with Crippen molar-refractivity contribution in [3.05, 3.63) is 24.3 Å². The summed E-state index contributed by atoms with van der Waals surface area (Å²) in [5.74, 6) is 6.19. The number of hydrogen-bond donors (Lipinski definition) is 2. The van der Waals surface area contributed by atoms with Crippen molar-refractivity contribution < 1.29 is 10.2 Å². The van der Waals surface area contributed by atoms with E-state index in [1.165, 1.54) is 0 Å². The highest BCUT2D eigenvalue weighted by atomic mass is 16.3. The van der Waals surface area contributed by atoms with Crippen molar-refractivity contribution in [3.8, 4) is 11.8 Å². The highest BCUT2D eigenvalue weighted by Crippen LogP contribution is 2.56. The van der Waals surface area contributed by atoms with Crippen molar-refractivity contribution in [2.24, 2.45) is 17.3 Å². The van der Waals surface area contributed by atoms with Gasteiger partial charge in [-0.3, -0.25) is 0 Å². The van der Waals surface area contributed by atoms with Gasteiger partial charge in [-0.2, -0.15) is 0 Å². The molecule has 1 unspecified atom stereocenters. The molecule has 0 saturated heterocycles. The predicted molar refractivity (Wildman–Crippen MR) is 68.1 cm³/mol. The van der Waals surface area contributed by atoms with Crippen LogP contribution in [0.4, 0.5) is 0 Å². The van der Waals surface area contributed by atoms with E-state index in [1.54, 1.807) is 13.8 Å². The first-order valence-corrected chi connectivity index (χ1v) is 6.06. The van der Waals surface area contributed by atoms with Gasteiger partial charge in [0.05, 0.1) is 0 Å². The Morgan fingerprint density at radius 2 is 2.18 bits per heavy atom. The quantitative estimate of drug-likeness (QED) is 0.535. The summed E-state index contributed by atoms with van der Waals surface area (Å²) in [7, 11) is 0. The van der Waals surface area contributed by atoms with Gasteiger partial charge in [-0.05, 0) is 32.1 Å². The summed E-state index contributed by atoms with van der Waals surface area (Å²) in [4.78, 5) is 0. The highest BCUT2D eigenvalue weighted by Gasteiger charge is 2.51. The molecule has 1 saturated carbocycles. The number of rotatable bonds is 1. The largest absolute Gasteiger partial charge is 0.379 e. The molecule has 2 rings (SSSR count). The molecule has 1 fully saturated rings. The van der Waals surface area contributed by atoms with Gasteiger partial charge in [0, 0.05) is 5.41 Å². The topological polar surface area (TPSA) is 40.5 Å². The first kappa shape index (κ1) is 12.4. The standard InChI is InChI=1S/C15H20O2/c1-10-11-5-6-12(9-11)15(10,4)13(16)7-8-14(2,3)17/h5-6,11-13,16-17H,1,9H2,2-4H3/t11-,12+,13?,15+/m1/s1. The number of aliphatic hydroxyl groups is 2. The van der Waals surface area contributed by atoms with Gasteiger partial charge in [-0.1, -0.05) is 43.1 Å². The maximum absolute atomic E-state index is 10.3. The van der Waals surface area contributed by atoms with Crippen molar-refractivity contribution in [2.75, 3.05) is 0 Å². The minimum absolute atomic E-state index is 0.325. The third kappa shape index (κ3) is 1.94. The molecule has 0 aromatic heterocycles. The number of allylic oxidation sites excluding steroid dienone is 2.